The zero-order valence-corrected chi connectivity index (χ0v) is 19.5. The highest BCUT2D eigenvalue weighted by Gasteiger charge is 2.26. The molecule has 0 aliphatic heterocycles. The van der Waals surface area contributed by atoms with E-state index < -0.39 is 48.4 Å². The van der Waals surface area contributed by atoms with Gasteiger partial charge in [-0.15, -0.1) is 0 Å². The number of hydrogen-bond donors (Lipinski definition) is 7. The van der Waals surface area contributed by atoms with Gasteiger partial charge in [-0.05, 0) is 24.3 Å². The lowest BCUT2D eigenvalue weighted by molar-refractivity contribution is -0.141. The van der Waals surface area contributed by atoms with Gasteiger partial charge in [0.15, 0.2) is 5.96 Å². The lowest BCUT2D eigenvalue weighted by Gasteiger charge is -2.22. The number of nitrogens with zero attached hydrogens (tertiary/aromatic N) is 1. The standard InChI is InChI=1S/C22H35N7O5/c1-13(2)18(23)20(32)29-15(9-6-10-26-22(24)25)19(31)27-12-17(30)28-16(21(33)34)11-14-7-4-3-5-8-14/h3-5,7-8,13,15-16,18H,6,9-12,23H2,1-2H3,(H,27,31)(H,28,30)(H,29,32)(H,33,34)(H4,24,25,26). The number of amides is 3. The van der Waals surface area contributed by atoms with Gasteiger partial charge >= 0.3 is 5.97 Å². The minimum absolute atomic E-state index is 0.0897. The maximum Gasteiger partial charge on any atom is 0.326 e. The van der Waals surface area contributed by atoms with Crippen LogP contribution in [0.5, 0.6) is 0 Å². The third-order valence-corrected chi connectivity index (χ3v) is 4.94. The van der Waals surface area contributed by atoms with Crippen molar-refractivity contribution < 1.29 is 24.3 Å². The van der Waals surface area contributed by atoms with Crippen LogP contribution < -0.4 is 33.2 Å². The van der Waals surface area contributed by atoms with Gasteiger partial charge in [0.25, 0.3) is 0 Å². The molecule has 0 saturated carbocycles. The first-order valence-electron chi connectivity index (χ1n) is 11.0. The van der Waals surface area contributed by atoms with Gasteiger partial charge < -0.3 is 38.3 Å². The van der Waals surface area contributed by atoms with E-state index in [1.54, 1.807) is 44.2 Å². The van der Waals surface area contributed by atoms with Gasteiger partial charge in [-0.1, -0.05) is 44.2 Å². The summed E-state index contributed by atoms with van der Waals surface area (Å²) < 4.78 is 0. The monoisotopic (exact) mass is 477 g/mol. The second-order valence-corrected chi connectivity index (χ2v) is 8.15. The number of benzene rings is 1. The van der Waals surface area contributed by atoms with Crippen LogP contribution >= 0.6 is 0 Å². The summed E-state index contributed by atoms with van der Waals surface area (Å²) in [6, 6.07) is 5.89. The molecular weight excluding hydrogens is 442 g/mol. The van der Waals surface area contributed by atoms with E-state index in [-0.39, 0.29) is 31.3 Å². The van der Waals surface area contributed by atoms with E-state index in [4.69, 9.17) is 17.2 Å². The third kappa shape index (κ3) is 10.8. The third-order valence-electron chi connectivity index (χ3n) is 4.94. The number of carbonyl (C=O) groups is 4. The Balaban J connectivity index is 2.71. The van der Waals surface area contributed by atoms with Gasteiger partial charge in [0, 0.05) is 13.0 Å². The number of carboxylic acids is 1. The number of nitrogens with two attached hydrogens (primary N) is 3. The summed E-state index contributed by atoms with van der Waals surface area (Å²) in [5.41, 5.74) is 17.2. The molecule has 0 radical (unpaired) electrons. The second-order valence-electron chi connectivity index (χ2n) is 8.15. The number of carboxylic acid groups (broad SMARTS) is 1. The molecule has 0 aliphatic carbocycles. The summed E-state index contributed by atoms with van der Waals surface area (Å²) in [4.78, 5) is 52.7. The maximum absolute atomic E-state index is 12.7. The first-order valence-corrected chi connectivity index (χ1v) is 11.0. The molecule has 1 rings (SSSR count). The molecule has 1 aromatic rings. The van der Waals surface area contributed by atoms with E-state index in [1.807, 2.05) is 0 Å². The fourth-order valence-electron chi connectivity index (χ4n) is 2.93. The van der Waals surface area contributed by atoms with Gasteiger partial charge in [-0.3, -0.25) is 19.4 Å². The van der Waals surface area contributed by atoms with Crippen LogP contribution in [0.2, 0.25) is 0 Å². The van der Waals surface area contributed by atoms with Crippen LogP contribution in [-0.2, 0) is 25.6 Å². The van der Waals surface area contributed by atoms with Crippen molar-refractivity contribution in [2.45, 2.75) is 51.2 Å². The molecule has 12 heteroatoms. The molecule has 188 valence electrons. The minimum Gasteiger partial charge on any atom is -0.480 e. The van der Waals surface area contributed by atoms with Crippen molar-refractivity contribution in [3.05, 3.63) is 35.9 Å². The quantitative estimate of drug-likeness (QED) is 0.0942. The van der Waals surface area contributed by atoms with Crippen molar-refractivity contribution >= 4 is 29.7 Å². The Hall–Kier alpha value is -3.67. The van der Waals surface area contributed by atoms with Crippen LogP contribution in [0.1, 0.15) is 32.3 Å². The Bertz CT molecular complexity index is 856. The highest BCUT2D eigenvalue weighted by Crippen LogP contribution is 2.05. The van der Waals surface area contributed by atoms with Gasteiger partial charge in [0.2, 0.25) is 17.7 Å². The second kappa shape index (κ2) is 14.5. The fourth-order valence-corrected chi connectivity index (χ4v) is 2.93. The molecule has 1 aromatic carbocycles. The van der Waals surface area contributed by atoms with E-state index in [2.05, 4.69) is 20.9 Å². The molecule has 0 saturated heterocycles. The van der Waals surface area contributed by atoms with Crippen molar-refractivity contribution in [1.82, 2.24) is 16.0 Å². The van der Waals surface area contributed by atoms with Crippen LogP contribution in [0.3, 0.4) is 0 Å². The highest BCUT2D eigenvalue weighted by molar-refractivity contribution is 5.92. The van der Waals surface area contributed by atoms with E-state index in [1.165, 1.54) is 0 Å². The maximum atomic E-state index is 12.7. The lowest BCUT2D eigenvalue weighted by atomic mass is 10.0. The predicted molar refractivity (Wildman–Crippen MR) is 127 cm³/mol. The topological polar surface area (TPSA) is 215 Å². The van der Waals surface area contributed by atoms with E-state index >= 15 is 0 Å². The molecule has 3 unspecified atom stereocenters. The van der Waals surface area contributed by atoms with Crippen molar-refractivity contribution in [3.63, 3.8) is 0 Å². The summed E-state index contributed by atoms with van der Waals surface area (Å²) in [6.07, 6.45) is 0.677. The molecule has 0 heterocycles. The number of carbonyl (C=O) groups excluding carboxylic acids is 3. The zero-order valence-electron chi connectivity index (χ0n) is 19.5. The van der Waals surface area contributed by atoms with Crippen molar-refractivity contribution in [2.24, 2.45) is 28.1 Å². The molecule has 10 N–H and O–H groups in total. The van der Waals surface area contributed by atoms with Gasteiger partial charge in [-0.25, -0.2) is 4.79 Å². The highest BCUT2D eigenvalue weighted by atomic mass is 16.4. The number of rotatable bonds is 14. The Labute approximate surface area is 198 Å². The van der Waals surface area contributed by atoms with E-state index in [0.29, 0.717) is 6.42 Å². The molecule has 0 aliphatic rings. The Morgan fingerprint density at radius 2 is 1.65 bits per heavy atom. The average Bonchev–Trinajstić information content (AvgIpc) is 2.78. The summed E-state index contributed by atoms with van der Waals surface area (Å²) in [5.74, 6) is -3.23. The molecule has 0 aromatic heterocycles. The first-order chi connectivity index (χ1) is 16.0. The minimum atomic E-state index is -1.20. The van der Waals surface area contributed by atoms with Gasteiger partial charge in [0.05, 0.1) is 12.6 Å². The Morgan fingerprint density at radius 1 is 1.00 bits per heavy atom. The first kappa shape index (κ1) is 28.4. The largest absolute Gasteiger partial charge is 0.480 e. The van der Waals surface area contributed by atoms with Crippen LogP contribution in [0.15, 0.2) is 35.3 Å². The van der Waals surface area contributed by atoms with Gasteiger partial charge in [0.1, 0.15) is 12.1 Å². The Kier molecular flexibility index (Phi) is 12.1. The fraction of sp³-hybridized carbons (Fsp3) is 0.500. The summed E-state index contributed by atoms with van der Waals surface area (Å²) in [6.45, 7) is 3.33. The lowest BCUT2D eigenvalue weighted by Crippen LogP contribution is -2.54. The number of aliphatic carboxylic acids is 1. The number of guanidine groups is 1. The van der Waals surface area contributed by atoms with Crippen molar-refractivity contribution in [3.8, 4) is 0 Å². The molecule has 0 fully saturated rings. The van der Waals surface area contributed by atoms with E-state index in [9.17, 15) is 24.3 Å². The Morgan fingerprint density at radius 3 is 2.21 bits per heavy atom. The molecule has 0 bridgehead atoms. The summed E-state index contributed by atoms with van der Waals surface area (Å²) in [7, 11) is 0. The van der Waals surface area contributed by atoms with Crippen molar-refractivity contribution in [1.29, 1.82) is 0 Å². The molecule has 0 spiro atoms. The van der Waals surface area contributed by atoms with E-state index in [0.717, 1.165) is 5.56 Å². The van der Waals surface area contributed by atoms with Crippen LogP contribution in [0.25, 0.3) is 0 Å². The number of aliphatic imine (C=N–C) groups is 1. The number of nitrogens with one attached hydrogen (secondary N) is 3. The zero-order chi connectivity index (χ0) is 25.7. The average molecular weight is 478 g/mol. The molecule has 3 atom stereocenters. The normalized spacial score (nSPS) is 13.3. The van der Waals surface area contributed by atoms with Crippen LogP contribution in [0, 0.1) is 5.92 Å². The number of hydrogen-bond acceptors (Lipinski definition) is 6. The van der Waals surface area contributed by atoms with Crippen molar-refractivity contribution in [2.75, 3.05) is 13.1 Å². The summed E-state index contributed by atoms with van der Waals surface area (Å²) in [5, 5.41) is 16.8. The molecule has 34 heavy (non-hydrogen) atoms. The predicted octanol–water partition coefficient (Wildman–Crippen LogP) is -1.56. The smallest absolute Gasteiger partial charge is 0.326 e. The van der Waals surface area contributed by atoms with Crippen LogP contribution in [-0.4, -0.2) is 66.0 Å². The SMILES string of the molecule is CC(C)C(N)C(=O)NC(CCCN=C(N)N)C(=O)NCC(=O)NC(Cc1ccccc1)C(=O)O. The van der Waals surface area contributed by atoms with Crippen LogP contribution in [0.4, 0.5) is 0 Å². The summed E-state index contributed by atoms with van der Waals surface area (Å²) >= 11 is 0. The molecule has 3 amide bonds. The van der Waals surface area contributed by atoms with Gasteiger partial charge in [-0.2, -0.15) is 0 Å². The molecular formula is C22H35N7O5. The molecule has 12 nitrogen and oxygen atoms in total.